The molecule has 31 heavy (non-hydrogen) atoms. The molecule has 0 saturated heterocycles. The summed E-state index contributed by atoms with van der Waals surface area (Å²) in [6.07, 6.45) is 4.56. The zero-order chi connectivity index (χ0) is 22.8. The van der Waals surface area contributed by atoms with Crippen LogP contribution in [0.2, 0.25) is 0 Å². The maximum Gasteiger partial charge on any atom is 0.341 e. The molecule has 1 aliphatic carbocycles. The van der Waals surface area contributed by atoms with Gasteiger partial charge in [-0.1, -0.05) is 18.2 Å². The highest BCUT2D eigenvalue weighted by Crippen LogP contribution is 2.43. The van der Waals surface area contributed by atoms with Gasteiger partial charge >= 0.3 is 6.03 Å². The Morgan fingerprint density at radius 3 is 2.45 bits per heavy atom. The van der Waals surface area contributed by atoms with Gasteiger partial charge in [0.25, 0.3) is 0 Å². The Labute approximate surface area is 187 Å². The maximum absolute atomic E-state index is 14.0. The van der Waals surface area contributed by atoms with Gasteiger partial charge in [0.05, 0.1) is 6.54 Å². The lowest BCUT2D eigenvalue weighted by Gasteiger charge is -2.24. The zero-order valence-electron chi connectivity index (χ0n) is 18.6. The Bertz CT molecular complexity index is 1040. The minimum atomic E-state index is -0.548. The first-order valence-corrected chi connectivity index (χ1v) is 11.5. The molecule has 4 nitrogen and oxygen atoms in total. The van der Waals surface area contributed by atoms with Crippen LogP contribution in [0.3, 0.4) is 0 Å². The smallest absolute Gasteiger partial charge is 0.332 e. The molecule has 3 rings (SSSR count). The SMILES string of the molecule is CSc1ccc(C=C2C(C)=C(CCN(O)C(=O)NC(C)(C)C)c3cc(F)ccc32)cc1. The number of halogens is 1. The van der Waals surface area contributed by atoms with Crippen LogP contribution in [0.1, 0.15) is 50.8 Å². The molecular formula is C25H29FN2O2S. The number of carbonyl (C=O) groups is 1. The second kappa shape index (κ2) is 9.28. The Morgan fingerprint density at radius 1 is 1.16 bits per heavy atom. The quantitative estimate of drug-likeness (QED) is 0.318. The van der Waals surface area contributed by atoms with Crippen LogP contribution < -0.4 is 5.32 Å². The van der Waals surface area contributed by atoms with Gasteiger partial charge < -0.3 is 5.32 Å². The number of allylic oxidation sites excluding steroid dienone is 2. The summed E-state index contributed by atoms with van der Waals surface area (Å²) in [5, 5.41) is 13.6. The highest BCUT2D eigenvalue weighted by Gasteiger charge is 2.25. The number of hydrogen-bond acceptors (Lipinski definition) is 3. The van der Waals surface area contributed by atoms with Gasteiger partial charge in [0.1, 0.15) is 5.82 Å². The van der Waals surface area contributed by atoms with Crippen molar-refractivity contribution in [1.29, 1.82) is 0 Å². The number of hydrogen-bond donors (Lipinski definition) is 2. The molecule has 0 aromatic heterocycles. The van der Waals surface area contributed by atoms with Gasteiger partial charge in [-0.05, 0) is 104 Å². The second-order valence-corrected chi connectivity index (χ2v) is 9.56. The summed E-state index contributed by atoms with van der Waals surface area (Å²) < 4.78 is 14.0. The van der Waals surface area contributed by atoms with E-state index in [1.807, 2.05) is 34.0 Å². The van der Waals surface area contributed by atoms with Crippen molar-refractivity contribution in [2.45, 2.75) is 44.6 Å². The predicted octanol–water partition coefficient (Wildman–Crippen LogP) is 6.46. The minimum absolute atomic E-state index is 0.111. The molecule has 0 bridgehead atoms. The van der Waals surface area contributed by atoms with Crippen LogP contribution in [0.5, 0.6) is 0 Å². The van der Waals surface area contributed by atoms with Gasteiger partial charge in [0.2, 0.25) is 0 Å². The Kier molecular flexibility index (Phi) is 6.92. The summed E-state index contributed by atoms with van der Waals surface area (Å²) in [6.45, 7) is 7.67. The largest absolute Gasteiger partial charge is 0.341 e. The van der Waals surface area contributed by atoms with E-state index in [0.717, 1.165) is 33.4 Å². The van der Waals surface area contributed by atoms with E-state index in [1.54, 1.807) is 17.8 Å². The van der Waals surface area contributed by atoms with E-state index in [2.05, 4.69) is 35.7 Å². The lowest BCUT2D eigenvalue weighted by Crippen LogP contribution is -2.47. The molecule has 0 atom stereocenters. The van der Waals surface area contributed by atoms with Crippen LogP contribution in [0.4, 0.5) is 9.18 Å². The third-order valence-electron chi connectivity index (χ3n) is 5.17. The van der Waals surface area contributed by atoms with E-state index >= 15 is 0 Å². The first-order valence-electron chi connectivity index (χ1n) is 10.2. The van der Waals surface area contributed by atoms with Crippen LogP contribution in [-0.4, -0.2) is 34.6 Å². The number of rotatable bonds is 5. The van der Waals surface area contributed by atoms with Crippen molar-refractivity contribution in [2.75, 3.05) is 12.8 Å². The van der Waals surface area contributed by atoms with Crippen LogP contribution in [-0.2, 0) is 0 Å². The fourth-order valence-electron chi connectivity index (χ4n) is 3.65. The molecule has 1 aliphatic rings. The van der Waals surface area contributed by atoms with E-state index in [4.69, 9.17) is 0 Å². The number of fused-ring (bicyclic) bond motifs is 1. The first-order chi connectivity index (χ1) is 14.6. The van der Waals surface area contributed by atoms with Crippen LogP contribution in [0.15, 0.2) is 52.9 Å². The van der Waals surface area contributed by atoms with Gasteiger partial charge in [-0.15, -0.1) is 11.8 Å². The summed E-state index contributed by atoms with van der Waals surface area (Å²) >= 11 is 1.69. The van der Waals surface area contributed by atoms with Gasteiger partial charge in [0.15, 0.2) is 0 Å². The first kappa shape index (κ1) is 23.1. The lowest BCUT2D eigenvalue weighted by atomic mass is 10.0. The number of thioether (sulfide) groups is 1. The summed E-state index contributed by atoms with van der Waals surface area (Å²) in [4.78, 5) is 13.4. The van der Waals surface area contributed by atoms with E-state index < -0.39 is 11.6 Å². The molecule has 0 spiro atoms. The van der Waals surface area contributed by atoms with Crippen molar-refractivity contribution in [1.82, 2.24) is 10.4 Å². The van der Waals surface area contributed by atoms with Crippen LogP contribution >= 0.6 is 11.8 Å². The number of benzene rings is 2. The minimum Gasteiger partial charge on any atom is -0.332 e. The number of nitrogens with one attached hydrogen (secondary N) is 1. The standard InChI is InChI=1S/C25H29FN2O2S/c1-16-20(12-13-28(30)24(29)27-25(2,3)4)23-15-18(26)8-11-21(23)22(16)14-17-6-9-19(31-5)10-7-17/h6-11,14-15,30H,12-13H2,1-5H3,(H,27,29). The monoisotopic (exact) mass is 440 g/mol. The maximum atomic E-state index is 14.0. The van der Waals surface area contributed by atoms with Gasteiger partial charge in [-0.3, -0.25) is 5.21 Å². The fourth-order valence-corrected chi connectivity index (χ4v) is 4.06. The highest BCUT2D eigenvalue weighted by molar-refractivity contribution is 7.98. The molecule has 0 fully saturated rings. The molecule has 164 valence electrons. The van der Waals surface area contributed by atoms with Crippen molar-refractivity contribution in [2.24, 2.45) is 0 Å². The summed E-state index contributed by atoms with van der Waals surface area (Å²) in [6, 6.07) is 12.5. The molecular weight excluding hydrogens is 411 g/mol. The molecule has 6 heteroatoms. The Hall–Kier alpha value is -2.57. The molecule has 0 unspecified atom stereocenters. The van der Waals surface area contributed by atoms with E-state index in [-0.39, 0.29) is 12.4 Å². The number of hydroxylamine groups is 2. The van der Waals surface area contributed by atoms with Crippen molar-refractivity contribution in [3.8, 4) is 0 Å². The Morgan fingerprint density at radius 2 is 1.84 bits per heavy atom. The molecule has 0 saturated carbocycles. The molecule has 0 aliphatic heterocycles. The van der Waals surface area contributed by atoms with Crippen molar-refractivity contribution < 1.29 is 14.4 Å². The van der Waals surface area contributed by atoms with Crippen molar-refractivity contribution in [3.05, 3.63) is 70.5 Å². The van der Waals surface area contributed by atoms with Gasteiger partial charge in [0, 0.05) is 10.4 Å². The number of amides is 2. The Balaban J connectivity index is 1.89. The second-order valence-electron chi connectivity index (χ2n) is 8.68. The zero-order valence-corrected chi connectivity index (χ0v) is 19.4. The number of urea groups is 1. The van der Waals surface area contributed by atoms with E-state index in [0.29, 0.717) is 11.5 Å². The summed E-state index contributed by atoms with van der Waals surface area (Å²) in [5.41, 5.74) is 5.39. The molecule has 0 radical (unpaired) electrons. The van der Waals surface area contributed by atoms with Gasteiger partial charge in [-0.25, -0.2) is 14.2 Å². The van der Waals surface area contributed by atoms with Crippen LogP contribution in [0, 0.1) is 5.82 Å². The molecule has 2 N–H and O–H groups in total. The van der Waals surface area contributed by atoms with Crippen LogP contribution in [0.25, 0.3) is 17.2 Å². The predicted molar refractivity (Wildman–Crippen MR) is 126 cm³/mol. The van der Waals surface area contributed by atoms with E-state index in [1.165, 1.54) is 17.0 Å². The van der Waals surface area contributed by atoms with Crippen molar-refractivity contribution in [3.63, 3.8) is 0 Å². The lowest BCUT2D eigenvalue weighted by molar-refractivity contribution is -0.0432. The fraction of sp³-hybridized carbons (Fsp3) is 0.320. The number of carbonyl (C=O) groups excluding carboxylic acids is 1. The molecule has 0 heterocycles. The highest BCUT2D eigenvalue weighted by atomic mass is 32.2. The third-order valence-corrected chi connectivity index (χ3v) is 5.91. The molecule has 2 aromatic carbocycles. The van der Waals surface area contributed by atoms with Crippen molar-refractivity contribution >= 4 is 35.0 Å². The normalized spacial score (nSPS) is 14.7. The average molecular weight is 441 g/mol. The number of nitrogens with zero attached hydrogens (tertiary/aromatic N) is 1. The summed E-state index contributed by atoms with van der Waals surface area (Å²) in [5.74, 6) is -0.305. The van der Waals surface area contributed by atoms with E-state index in [9.17, 15) is 14.4 Å². The van der Waals surface area contributed by atoms with Gasteiger partial charge in [-0.2, -0.15) is 0 Å². The third kappa shape index (κ3) is 5.57. The molecule has 2 amide bonds. The summed E-state index contributed by atoms with van der Waals surface area (Å²) in [7, 11) is 0. The topological polar surface area (TPSA) is 52.6 Å². The average Bonchev–Trinajstić information content (AvgIpc) is 2.95. The molecule has 2 aromatic rings.